The van der Waals surface area contributed by atoms with Gasteiger partial charge in [-0.25, -0.2) is 9.97 Å². The molecule has 4 heterocycles. The Bertz CT molecular complexity index is 930. The lowest BCUT2D eigenvalue weighted by atomic mass is 10.0. The maximum atomic E-state index is 12.9. The second-order valence-corrected chi connectivity index (χ2v) is 7.05. The van der Waals surface area contributed by atoms with Crippen LogP contribution in [0.4, 0.5) is 0 Å². The number of amides is 1. The van der Waals surface area contributed by atoms with Gasteiger partial charge in [-0.2, -0.15) is 0 Å². The first-order chi connectivity index (χ1) is 12.3. The molecule has 5 rings (SSSR count). The van der Waals surface area contributed by atoms with Crippen LogP contribution in [0.5, 0.6) is 0 Å². The van der Waals surface area contributed by atoms with E-state index in [9.17, 15) is 4.79 Å². The minimum Gasteiger partial charge on any atom is -0.334 e. The second-order valence-electron chi connectivity index (χ2n) is 7.05. The van der Waals surface area contributed by atoms with Gasteiger partial charge in [0.1, 0.15) is 0 Å². The maximum absolute atomic E-state index is 12.9. The number of benzene rings is 1. The zero-order valence-electron chi connectivity index (χ0n) is 14.0. The molecule has 5 nitrogen and oxygen atoms in total. The molecule has 2 saturated heterocycles. The Morgan fingerprint density at radius 2 is 2.00 bits per heavy atom. The van der Waals surface area contributed by atoms with Gasteiger partial charge in [-0.15, -0.1) is 0 Å². The lowest BCUT2D eigenvalue weighted by molar-refractivity contribution is -0.346. The van der Waals surface area contributed by atoms with Gasteiger partial charge in [0.2, 0.25) is 0 Å². The highest BCUT2D eigenvalue weighted by molar-refractivity contribution is 5.95. The van der Waals surface area contributed by atoms with Gasteiger partial charge in [0.15, 0.2) is 0 Å². The summed E-state index contributed by atoms with van der Waals surface area (Å²) < 4.78 is 0. The summed E-state index contributed by atoms with van der Waals surface area (Å²) in [6, 6.07) is 12.5. The van der Waals surface area contributed by atoms with Gasteiger partial charge in [-0.3, -0.25) is 4.79 Å². The van der Waals surface area contributed by atoms with Gasteiger partial charge >= 0.3 is 0 Å². The van der Waals surface area contributed by atoms with Crippen LogP contribution in [-0.2, 0) is 0 Å². The molecule has 1 aromatic carbocycles. The summed E-state index contributed by atoms with van der Waals surface area (Å²) in [5.41, 5.74) is 4.03. The third-order valence-electron chi connectivity index (χ3n) is 5.63. The predicted octanol–water partition coefficient (Wildman–Crippen LogP) is 2.08. The van der Waals surface area contributed by atoms with Crippen LogP contribution in [0.15, 0.2) is 48.8 Å². The highest BCUT2D eigenvalue weighted by atomic mass is 16.2. The molecular weight excluding hydrogens is 312 g/mol. The number of carbonyl (C=O) groups excluding carboxylic acids is 1. The minimum atomic E-state index is 0.162. The first-order valence-corrected chi connectivity index (χ1v) is 8.90. The van der Waals surface area contributed by atoms with Gasteiger partial charge in [0.25, 0.3) is 11.6 Å². The van der Waals surface area contributed by atoms with E-state index in [1.807, 2.05) is 42.7 Å². The molecule has 2 fully saturated rings. The zero-order chi connectivity index (χ0) is 16.8. The lowest BCUT2D eigenvalue weighted by Crippen LogP contribution is -2.39. The molecule has 0 bridgehead atoms. The first-order valence-electron chi connectivity index (χ1n) is 8.90. The van der Waals surface area contributed by atoms with Crippen molar-refractivity contribution in [2.45, 2.75) is 12.5 Å². The van der Waals surface area contributed by atoms with Crippen molar-refractivity contribution in [3.05, 3.63) is 54.4 Å². The van der Waals surface area contributed by atoms with Gasteiger partial charge in [-0.05, 0) is 42.2 Å². The number of aromatic amines is 2. The van der Waals surface area contributed by atoms with Crippen LogP contribution < -0.4 is 10.3 Å². The highest BCUT2D eigenvalue weighted by Gasteiger charge is 2.39. The van der Waals surface area contributed by atoms with Crippen LogP contribution in [0.3, 0.4) is 0 Å². The molecular formula is C20H21N4O+. The Kier molecular flexibility index (Phi) is 3.35. The fourth-order valence-corrected chi connectivity index (χ4v) is 4.22. The average molecular weight is 333 g/mol. The number of fused-ring (bicyclic) bond motifs is 2. The van der Waals surface area contributed by atoms with Gasteiger partial charge < -0.3 is 10.2 Å². The normalized spacial score (nSPS) is 22.5. The van der Waals surface area contributed by atoms with Crippen LogP contribution in [-0.4, -0.2) is 41.5 Å². The number of pyridine rings is 1. The number of aromatic nitrogens is 2. The largest absolute Gasteiger partial charge is 0.334 e. The highest BCUT2D eigenvalue weighted by Crippen LogP contribution is 2.29. The maximum Gasteiger partial charge on any atom is 0.284 e. The predicted molar refractivity (Wildman–Crippen MR) is 96.1 cm³/mol. The van der Waals surface area contributed by atoms with Crippen LogP contribution >= 0.6 is 0 Å². The molecule has 2 aliphatic heterocycles. The number of nitrogens with one attached hydrogen (secondary N) is 3. The fourth-order valence-electron chi connectivity index (χ4n) is 4.22. The molecule has 0 unspecified atom stereocenters. The van der Waals surface area contributed by atoms with Gasteiger partial charge in [0.05, 0.1) is 17.8 Å². The summed E-state index contributed by atoms with van der Waals surface area (Å²) in [4.78, 5) is 21.3. The standard InChI is InChI=1S/C20H20N4O/c25-20(24-8-6-16-10-21-12-18(16)24)14-3-1-13(2-4-14)17-9-15-5-7-22-19(15)23-11-17/h1-5,7,9,11,16,18,21H,6,8,10,12H2,(H,22,23)/p+1/t16-,18+/m0/s1. The van der Waals surface area contributed by atoms with E-state index >= 15 is 0 Å². The number of hydrogen-bond donors (Lipinski definition) is 2. The summed E-state index contributed by atoms with van der Waals surface area (Å²) in [5, 5.41) is 4.55. The SMILES string of the molecule is O=C(c1ccc(-c2c[nH+]c3[nH]ccc3c2)cc1)N1CC[C@H]2CNC[C@H]21. The fraction of sp³-hybridized carbons (Fsp3) is 0.300. The van der Waals surface area contributed by atoms with Crippen molar-refractivity contribution < 1.29 is 9.78 Å². The van der Waals surface area contributed by atoms with E-state index in [0.717, 1.165) is 53.8 Å². The Labute approximate surface area is 146 Å². The van der Waals surface area contributed by atoms with Crippen molar-refractivity contribution in [2.75, 3.05) is 19.6 Å². The van der Waals surface area contributed by atoms with Crippen molar-refractivity contribution in [1.82, 2.24) is 15.2 Å². The number of carbonyl (C=O) groups is 1. The Morgan fingerprint density at radius 1 is 1.12 bits per heavy atom. The Balaban J connectivity index is 1.40. The molecule has 25 heavy (non-hydrogen) atoms. The third-order valence-corrected chi connectivity index (χ3v) is 5.63. The van der Waals surface area contributed by atoms with E-state index in [2.05, 4.69) is 26.3 Å². The molecule has 5 heteroatoms. The zero-order valence-corrected chi connectivity index (χ0v) is 14.0. The molecule has 1 amide bonds. The molecule has 0 aliphatic carbocycles. The van der Waals surface area contributed by atoms with E-state index in [4.69, 9.17) is 0 Å². The summed E-state index contributed by atoms with van der Waals surface area (Å²) in [6.07, 6.45) is 5.03. The summed E-state index contributed by atoms with van der Waals surface area (Å²) in [7, 11) is 0. The molecule has 3 aromatic rings. The van der Waals surface area contributed by atoms with Crippen molar-refractivity contribution in [3.8, 4) is 11.1 Å². The molecule has 2 aliphatic rings. The monoisotopic (exact) mass is 333 g/mol. The van der Waals surface area contributed by atoms with E-state index < -0.39 is 0 Å². The summed E-state index contributed by atoms with van der Waals surface area (Å²) >= 11 is 0. The van der Waals surface area contributed by atoms with E-state index in [0.29, 0.717) is 12.0 Å². The molecule has 0 saturated carbocycles. The van der Waals surface area contributed by atoms with Crippen LogP contribution in [0.25, 0.3) is 22.2 Å². The van der Waals surface area contributed by atoms with Crippen LogP contribution in [0.1, 0.15) is 16.8 Å². The van der Waals surface area contributed by atoms with Crippen molar-refractivity contribution in [3.63, 3.8) is 0 Å². The van der Waals surface area contributed by atoms with Crippen molar-refractivity contribution in [1.29, 1.82) is 0 Å². The summed E-state index contributed by atoms with van der Waals surface area (Å²) in [5.74, 6) is 0.794. The van der Waals surface area contributed by atoms with E-state index in [-0.39, 0.29) is 5.91 Å². The van der Waals surface area contributed by atoms with Gasteiger partial charge in [0, 0.05) is 36.8 Å². The van der Waals surface area contributed by atoms with Crippen LogP contribution in [0, 0.1) is 5.92 Å². The lowest BCUT2D eigenvalue weighted by Gasteiger charge is -2.23. The molecule has 3 N–H and O–H groups in total. The van der Waals surface area contributed by atoms with Gasteiger partial charge in [-0.1, -0.05) is 12.1 Å². The number of likely N-dealkylation sites (tertiary alicyclic amines) is 1. The van der Waals surface area contributed by atoms with E-state index in [1.165, 1.54) is 0 Å². The average Bonchev–Trinajstić information content (AvgIpc) is 3.37. The Hall–Kier alpha value is -2.66. The number of H-pyrrole nitrogens is 2. The van der Waals surface area contributed by atoms with Crippen LogP contribution in [0.2, 0.25) is 0 Å². The quantitative estimate of drug-likeness (QED) is 0.754. The smallest absolute Gasteiger partial charge is 0.284 e. The van der Waals surface area contributed by atoms with Crippen molar-refractivity contribution in [2.24, 2.45) is 5.92 Å². The third kappa shape index (κ3) is 2.43. The number of rotatable bonds is 2. The topological polar surface area (TPSA) is 62.3 Å². The molecule has 126 valence electrons. The molecule has 2 atom stereocenters. The summed E-state index contributed by atoms with van der Waals surface area (Å²) in [6.45, 7) is 2.86. The second kappa shape index (κ2) is 5.70. The minimum absolute atomic E-state index is 0.162. The number of hydrogen-bond acceptors (Lipinski definition) is 2. The molecule has 2 aromatic heterocycles. The molecule has 0 radical (unpaired) electrons. The first kappa shape index (κ1) is 14.7. The van der Waals surface area contributed by atoms with Crippen molar-refractivity contribution >= 4 is 16.9 Å². The molecule has 0 spiro atoms. The number of nitrogens with zero attached hydrogens (tertiary/aromatic N) is 1. The Morgan fingerprint density at radius 3 is 2.88 bits per heavy atom. The van der Waals surface area contributed by atoms with E-state index in [1.54, 1.807) is 0 Å².